The second-order valence-electron chi connectivity index (χ2n) is 7.76. The van der Waals surface area contributed by atoms with Gasteiger partial charge in [-0.15, -0.1) is 0 Å². The smallest absolute Gasteiger partial charge is 0.261 e. The number of carbonyl (C=O) groups excluding carboxylic acids is 3. The SMILES string of the molecule is Cc1ccc2c(c1)C(=O)N(CCC(=O)Nc1ccc(-n3cnc4ccccc43)cc1)C2=O. The first kappa shape index (κ1) is 19.7. The van der Waals surface area contributed by atoms with Crippen LogP contribution in [0.15, 0.2) is 73.1 Å². The van der Waals surface area contributed by atoms with E-state index in [1.165, 1.54) is 0 Å². The number of nitrogens with one attached hydrogen (secondary N) is 1. The van der Waals surface area contributed by atoms with Crippen molar-refractivity contribution in [2.75, 3.05) is 11.9 Å². The van der Waals surface area contributed by atoms with Crippen molar-refractivity contribution in [1.82, 2.24) is 14.5 Å². The Labute approximate surface area is 184 Å². The summed E-state index contributed by atoms with van der Waals surface area (Å²) in [5.74, 6) is -0.966. The summed E-state index contributed by atoms with van der Waals surface area (Å²) >= 11 is 0. The fourth-order valence-electron chi connectivity index (χ4n) is 3.91. The third kappa shape index (κ3) is 3.43. The van der Waals surface area contributed by atoms with Crippen LogP contribution in [0, 0.1) is 6.92 Å². The molecule has 0 bridgehead atoms. The number of rotatable bonds is 5. The zero-order chi connectivity index (χ0) is 22.2. The molecule has 1 N–H and O–H groups in total. The lowest BCUT2D eigenvalue weighted by Gasteiger charge is -2.13. The Balaban J connectivity index is 1.22. The number of fused-ring (bicyclic) bond motifs is 2. The zero-order valence-corrected chi connectivity index (χ0v) is 17.4. The maximum Gasteiger partial charge on any atom is 0.261 e. The van der Waals surface area contributed by atoms with Crippen molar-refractivity contribution in [3.63, 3.8) is 0 Å². The van der Waals surface area contributed by atoms with Crippen molar-refractivity contribution >= 4 is 34.4 Å². The molecule has 4 aromatic rings. The minimum atomic E-state index is -0.352. The predicted molar refractivity (Wildman–Crippen MR) is 121 cm³/mol. The highest BCUT2D eigenvalue weighted by Gasteiger charge is 2.35. The number of imide groups is 1. The van der Waals surface area contributed by atoms with Gasteiger partial charge in [-0.05, 0) is 55.5 Å². The Morgan fingerprint density at radius 2 is 1.69 bits per heavy atom. The van der Waals surface area contributed by atoms with Gasteiger partial charge in [0.15, 0.2) is 0 Å². The van der Waals surface area contributed by atoms with E-state index < -0.39 is 0 Å². The molecular weight excluding hydrogens is 404 g/mol. The molecule has 0 unspecified atom stereocenters. The van der Waals surface area contributed by atoms with Gasteiger partial charge in [0.2, 0.25) is 5.91 Å². The third-order valence-electron chi connectivity index (χ3n) is 5.57. The lowest BCUT2D eigenvalue weighted by Crippen LogP contribution is -2.32. The molecule has 1 aromatic heterocycles. The Hall–Kier alpha value is -4.26. The van der Waals surface area contributed by atoms with E-state index in [9.17, 15) is 14.4 Å². The van der Waals surface area contributed by atoms with Gasteiger partial charge < -0.3 is 5.32 Å². The molecule has 7 heteroatoms. The minimum Gasteiger partial charge on any atom is -0.326 e. The fraction of sp³-hybridized carbons (Fsp3) is 0.120. The average molecular weight is 424 g/mol. The van der Waals surface area contributed by atoms with Crippen LogP contribution in [0.4, 0.5) is 5.69 Å². The molecule has 158 valence electrons. The van der Waals surface area contributed by atoms with E-state index in [1.807, 2.05) is 60.0 Å². The third-order valence-corrected chi connectivity index (χ3v) is 5.57. The predicted octanol–water partition coefficient (Wildman–Crippen LogP) is 3.96. The highest BCUT2D eigenvalue weighted by molar-refractivity contribution is 6.21. The molecule has 0 atom stereocenters. The van der Waals surface area contributed by atoms with Crippen molar-refractivity contribution < 1.29 is 14.4 Å². The van der Waals surface area contributed by atoms with E-state index in [0.29, 0.717) is 16.8 Å². The molecule has 2 heterocycles. The average Bonchev–Trinajstić information content (AvgIpc) is 3.32. The van der Waals surface area contributed by atoms with Gasteiger partial charge in [-0.25, -0.2) is 4.98 Å². The lowest BCUT2D eigenvalue weighted by atomic mass is 10.1. The normalized spacial score (nSPS) is 13.0. The Kier molecular flexibility index (Phi) is 4.78. The van der Waals surface area contributed by atoms with E-state index in [-0.39, 0.29) is 30.7 Å². The van der Waals surface area contributed by atoms with Crippen LogP contribution in [0.25, 0.3) is 16.7 Å². The van der Waals surface area contributed by atoms with Gasteiger partial charge >= 0.3 is 0 Å². The Morgan fingerprint density at radius 1 is 0.938 bits per heavy atom. The number of hydrogen-bond acceptors (Lipinski definition) is 4. The summed E-state index contributed by atoms with van der Waals surface area (Å²) in [7, 11) is 0. The van der Waals surface area contributed by atoms with E-state index >= 15 is 0 Å². The molecule has 7 nitrogen and oxygen atoms in total. The van der Waals surface area contributed by atoms with E-state index in [4.69, 9.17) is 0 Å². The molecule has 0 saturated carbocycles. The number of nitrogens with zero attached hydrogens (tertiary/aromatic N) is 3. The number of imidazole rings is 1. The molecule has 0 saturated heterocycles. The van der Waals surface area contributed by atoms with E-state index in [1.54, 1.807) is 24.5 Å². The molecule has 3 aromatic carbocycles. The van der Waals surface area contributed by atoms with Crippen molar-refractivity contribution in [3.05, 3.63) is 89.7 Å². The number of hydrogen-bond donors (Lipinski definition) is 1. The molecule has 0 fully saturated rings. The van der Waals surface area contributed by atoms with Gasteiger partial charge in [0.25, 0.3) is 11.8 Å². The number of aromatic nitrogens is 2. The molecule has 5 rings (SSSR count). The Bertz CT molecular complexity index is 1370. The highest BCUT2D eigenvalue weighted by Crippen LogP contribution is 2.24. The first-order chi connectivity index (χ1) is 15.5. The fourth-order valence-corrected chi connectivity index (χ4v) is 3.91. The number of carbonyl (C=O) groups is 3. The molecule has 0 aliphatic carbocycles. The summed E-state index contributed by atoms with van der Waals surface area (Å²) in [6.07, 6.45) is 1.79. The zero-order valence-electron chi connectivity index (χ0n) is 17.4. The highest BCUT2D eigenvalue weighted by atomic mass is 16.2. The van der Waals surface area contributed by atoms with Gasteiger partial charge in [-0.3, -0.25) is 23.9 Å². The van der Waals surface area contributed by atoms with Crippen molar-refractivity contribution in [3.8, 4) is 5.69 Å². The maximum absolute atomic E-state index is 12.5. The first-order valence-corrected chi connectivity index (χ1v) is 10.3. The number of anilines is 1. The van der Waals surface area contributed by atoms with E-state index in [0.717, 1.165) is 27.2 Å². The maximum atomic E-state index is 12.5. The molecule has 1 aliphatic rings. The lowest BCUT2D eigenvalue weighted by molar-refractivity contribution is -0.116. The second-order valence-corrected chi connectivity index (χ2v) is 7.76. The summed E-state index contributed by atoms with van der Waals surface area (Å²) in [5, 5.41) is 2.82. The van der Waals surface area contributed by atoms with Crippen molar-refractivity contribution in [1.29, 1.82) is 0 Å². The van der Waals surface area contributed by atoms with Gasteiger partial charge in [0.1, 0.15) is 6.33 Å². The number of aryl methyl sites for hydroxylation is 1. The van der Waals surface area contributed by atoms with E-state index in [2.05, 4.69) is 10.3 Å². The first-order valence-electron chi connectivity index (χ1n) is 10.3. The minimum absolute atomic E-state index is 0.0262. The van der Waals surface area contributed by atoms with Crippen LogP contribution in [-0.2, 0) is 4.79 Å². The standard InChI is InChI=1S/C25H20N4O3/c1-16-6-11-19-20(14-16)25(32)28(24(19)31)13-12-23(30)27-17-7-9-18(10-8-17)29-15-26-21-4-2-3-5-22(21)29/h2-11,14-15H,12-13H2,1H3,(H,27,30). The van der Waals surface area contributed by atoms with Gasteiger partial charge in [0.05, 0.1) is 22.2 Å². The van der Waals surface area contributed by atoms with Crippen LogP contribution in [0.3, 0.4) is 0 Å². The van der Waals surface area contributed by atoms with Crippen LogP contribution < -0.4 is 5.32 Å². The van der Waals surface area contributed by atoms with Crippen LogP contribution in [-0.4, -0.2) is 38.7 Å². The van der Waals surface area contributed by atoms with Crippen LogP contribution >= 0.6 is 0 Å². The van der Waals surface area contributed by atoms with Gasteiger partial charge in [-0.1, -0.05) is 23.8 Å². The van der Waals surface area contributed by atoms with Crippen LogP contribution in [0.5, 0.6) is 0 Å². The number of benzene rings is 3. The Morgan fingerprint density at radius 3 is 2.50 bits per heavy atom. The second kappa shape index (κ2) is 7.77. The summed E-state index contributed by atoms with van der Waals surface area (Å²) in [6, 6.07) is 20.5. The van der Waals surface area contributed by atoms with Gasteiger partial charge in [-0.2, -0.15) is 0 Å². The summed E-state index contributed by atoms with van der Waals surface area (Å²) in [4.78, 5) is 43.0. The van der Waals surface area contributed by atoms with Gasteiger partial charge in [0, 0.05) is 24.3 Å². The molecule has 3 amide bonds. The quantitative estimate of drug-likeness (QED) is 0.492. The largest absolute Gasteiger partial charge is 0.326 e. The molecule has 0 radical (unpaired) electrons. The van der Waals surface area contributed by atoms with Crippen LogP contribution in [0.1, 0.15) is 32.7 Å². The molecule has 32 heavy (non-hydrogen) atoms. The number of para-hydroxylation sites is 2. The summed E-state index contributed by atoms with van der Waals surface area (Å²) in [5.41, 5.74) is 5.19. The monoisotopic (exact) mass is 424 g/mol. The topological polar surface area (TPSA) is 84.3 Å². The van der Waals surface area contributed by atoms with Crippen molar-refractivity contribution in [2.45, 2.75) is 13.3 Å². The van der Waals surface area contributed by atoms with Crippen LogP contribution in [0.2, 0.25) is 0 Å². The molecule has 0 spiro atoms. The molecule has 1 aliphatic heterocycles. The summed E-state index contributed by atoms with van der Waals surface area (Å²) in [6.45, 7) is 1.91. The number of amides is 3. The van der Waals surface area contributed by atoms with Crippen molar-refractivity contribution in [2.24, 2.45) is 0 Å². The molecular formula is C25H20N4O3. The summed E-state index contributed by atoms with van der Waals surface area (Å²) < 4.78 is 1.98.